The standard InChI is InChI=1S/C30H32N4O6S/c1-38-24-11-7-6-10-23(24)32-28(36)19-41-30-33-22-9-5-4-8-21(22)29(37)34(30)17-15-27(35)31-16-14-20-12-13-25(39-2)26(18-20)40-3/h4-13,18H,14-17,19H2,1-3H3,(H,31,35)(H,32,36). The molecule has 0 spiro atoms. The SMILES string of the molecule is COc1ccccc1NC(=O)CSc1nc2ccccc2c(=O)n1CCC(=O)NCCc1ccc(OC)c(OC)c1. The van der Waals surface area contributed by atoms with Crippen LogP contribution in [0.3, 0.4) is 0 Å². The number of methoxy groups -OCH3 is 3. The van der Waals surface area contributed by atoms with Crippen LogP contribution in [0.5, 0.6) is 17.2 Å². The Morgan fingerprint density at radius 3 is 2.39 bits per heavy atom. The number of hydrogen-bond acceptors (Lipinski definition) is 8. The monoisotopic (exact) mass is 576 g/mol. The number of anilines is 1. The van der Waals surface area contributed by atoms with Crippen molar-refractivity contribution >= 4 is 40.2 Å². The number of thioether (sulfide) groups is 1. The molecule has 1 heterocycles. The summed E-state index contributed by atoms with van der Waals surface area (Å²) < 4.78 is 17.3. The number of rotatable bonds is 13. The maximum atomic E-state index is 13.3. The van der Waals surface area contributed by atoms with Crippen LogP contribution >= 0.6 is 11.8 Å². The van der Waals surface area contributed by atoms with E-state index in [2.05, 4.69) is 15.6 Å². The summed E-state index contributed by atoms with van der Waals surface area (Å²) in [6.45, 7) is 0.541. The average Bonchev–Trinajstić information content (AvgIpc) is 2.99. The van der Waals surface area contributed by atoms with E-state index in [4.69, 9.17) is 14.2 Å². The molecular weight excluding hydrogens is 544 g/mol. The molecule has 214 valence electrons. The lowest BCUT2D eigenvalue weighted by Crippen LogP contribution is -2.30. The molecule has 0 bridgehead atoms. The van der Waals surface area contributed by atoms with Crippen molar-refractivity contribution in [3.05, 3.63) is 82.6 Å². The second-order valence-electron chi connectivity index (χ2n) is 8.94. The third-order valence-corrected chi connectivity index (χ3v) is 7.26. The van der Waals surface area contributed by atoms with Gasteiger partial charge in [-0.15, -0.1) is 0 Å². The number of carbonyl (C=O) groups is 2. The molecule has 0 aliphatic carbocycles. The summed E-state index contributed by atoms with van der Waals surface area (Å²) in [5, 5.41) is 6.54. The van der Waals surface area contributed by atoms with Gasteiger partial charge in [0.25, 0.3) is 5.56 Å². The van der Waals surface area contributed by atoms with Crippen molar-refractivity contribution in [3.63, 3.8) is 0 Å². The van der Waals surface area contributed by atoms with Crippen LogP contribution in [-0.2, 0) is 22.6 Å². The zero-order chi connectivity index (χ0) is 29.2. The molecule has 0 radical (unpaired) electrons. The third-order valence-electron chi connectivity index (χ3n) is 6.29. The summed E-state index contributed by atoms with van der Waals surface area (Å²) in [6.07, 6.45) is 0.679. The number of aromatic nitrogens is 2. The van der Waals surface area contributed by atoms with Gasteiger partial charge in [0.2, 0.25) is 11.8 Å². The fraction of sp³-hybridized carbons (Fsp3) is 0.267. The molecule has 2 N–H and O–H groups in total. The largest absolute Gasteiger partial charge is 0.495 e. The molecule has 11 heteroatoms. The van der Waals surface area contributed by atoms with Crippen LogP contribution < -0.4 is 30.4 Å². The average molecular weight is 577 g/mol. The molecule has 4 aromatic rings. The molecule has 0 saturated carbocycles. The van der Waals surface area contributed by atoms with E-state index in [0.29, 0.717) is 52.0 Å². The van der Waals surface area contributed by atoms with Crippen LogP contribution in [0.25, 0.3) is 10.9 Å². The van der Waals surface area contributed by atoms with Crippen molar-refractivity contribution in [1.82, 2.24) is 14.9 Å². The highest BCUT2D eigenvalue weighted by Crippen LogP contribution is 2.28. The quantitative estimate of drug-likeness (QED) is 0.182. The molecule has 0 saturated heterocycles. The second-order valence-corrected chi connectivity index (χ2v) is 9.89. The Balaban J connectivity index is 1.40. The number of para-hydroxylation sites is 3. The predicted molar refractivity (Wildman–Crippen MR) is 159 cm³/mol. The minimum absolute atomic E-state index is 0.0142. The lowest BCUT2D eigenvalue weighted by atomic mass is 10.1. The van der Waals surface area contributed by atoms with Crippen molar-refractivity contribution in [2.24, 2.45) is 0 Å². The van der Waals surface area contributed by atoms with Gasteiger partial charge in [-0.2, -0.15) is 0 Å². The number of nitrogens with zero attached hydrogens (tertiary/aromatic N) is 2. The number of nitrogens with one attached hydrogen (secondary N) is 2. The predicted octanol–water partition coefficient (Wildman–Crippen LogP) is 3.90. The van der Waals surface area contributed by atoms with Crippen LogP contribution in [0, 0.1) is 0 Å². The molecule has 0 atom stereocenters. The molecule has 0 aliphatic rings. The number of carbonyl (C=O) groups excluding carboxylic acids is 2. The molecule has 10 nitrogen and oxygen atoms in total. The molecule has 1 aromatic heterocycles. The zero-order valence-corrected chi connectivity index (χ0v) is 24.0. The van der Waals surface area contributed by atoms with Crippen molar-refractivity contribution in [2.75, 3.05) is 38.9 Å². The van der Waals surface area contributed by atoms with Gasteiger partial charge in [-0.1, -0.05) is 42.1 Å². The van der Waals surface area contributed by atoms with Gasteiger partial charge in [0.1, 0.15) is 5.75 Å². The molecular formula is C30H32N4O6S. The fourth-order valence-electron chi connectivity index (χ4n) is 4.20. The molecule has 41 heavy (non-hydrogen) atoms. The van der Waals surface area contributed by atoms with Gasteiger partial charge < -0.3 is 24.8 Å². The van der Waals surface area contributed by atoms with E-state index >= 15 is 0 Å². The first-order chi connectivity index (χ1) is 19.9. The summed E-state index contributed by atoms with van der Waals surface area (Å²) in [5.41, 5.74) is 1.80. The lowest BCUT2D eigenvalue weighted by Gasteiger charge is -2.14. The van der Waals surface area contributed by atoms with Gasteiger partial charge in [-0.3, -0.25) is 19.0 Å². The Hall–Kier alpha value is -4.51. The molecule has 4 rings (SSSR count). The van der Waals surface area contributed by atoms with E-state index in [1.54, 1.807) is 56.7 Å². The van der Waals surface area contributed by atoms with Crippen molar-refractivity contribution in [2.45, 2.75) is 24.5 Å². The Bertz CT molecular complexity index is 1590. The van der Waals surface area contributed by atoms with E-state index in [1.165, 1.54) is 11.7 Å². The van der Waals surface area contributed by atoms with E-state index in [-0.39, 0.29) is 36.1 Å². The molecule has 0 aliphatic heterocycles. The van der Waals surface area contributed by atoms with Crippen LogP contribution in [0.1, 0.15) is 12.0 Å². The Labute approximate surface area is 242 Å². The second kappa shape index (κ2) is 14.2. The minimum Gasteiger partial charge on any atom is -0.495 e. The van der Waals surface area contributed by atoms with Crippen molar-refractivity contribution in [1.29, 1.82) is 0 Å². The fourth-order valence-corrected chi connectivity index (χ4v) is 5.03. The number of fused-ring (bicyclic) bond motifs is 1. The first kappa shape index (κ1) is 29.5. The van der Waals surface area contributed by atoms with Gasteiger partial charge in [0.15, 0.2) is 16.7 Å². The highest BCUT2D eigenvalue weighted by molar-refractivity contribution is 7.99. The Morgan fingerprint density at radius 2 is 1.61 bits per heavy atom. The van der Waals surface area contributed by atoms with Crippen LogP contribution in [-0.4, -0.2) is 55.0 Å². The first-order valence-electron chi connectivity index (χ1n) is 13.0. The van der Waals surface area contributed by atoms with Gasteiger partial charge in [0.05, 0.1) is 43.7 Å². The van der Waals surface area contributed by atoms with Crippen molar-refractivity contribution in [3.8, 4) is 17.2 Å². The van der Waals surface area contributed by atoms with E-state index < -0.39 is 0 Å². The van der Waals surface area contributed by atoms with Crippen LogP contribution in [0.2, 0.25) is 0 Å². The Kier molecular flexibility index (Phi) is 10.2. The zero-order valence-electron chi connectivity index (χ0n) is 23.1. The maximum absolute atomic E-state index is 13.3. The van der Waals surface area contributed by atoms with Gasteiger partial charge in [0, 0.05) is 19.5 Å². The number of amides is 2. The number of hydrogen-bond donors (Lipinski definition) is 2. The highest BCUT2D eigenvalue weighted by Gasteiger charge is 2.15. The van der Waals surface area contributed by atoms with Crippen LogP contribution in [0.15, 0.2) is 76.7 Å². The molecule has 0 unspecified atom stereocenters. The molecule has 2 amide bonds. The van der Waals surface area contributed by atoms with Gasteiger partial charge in [-0.05, 0) is 48.4 Å². The summed E-state index contributed by atoms with van der Waals surface area (Å²) in [7, 11) is 4.69. The maximum Gasteiger partial charge on any atom is 0.262 e. The Morgan fingerprint density at radius 1 is 0.878 bits per heavy atom. The topological polar surface area (TPSA) is 121 Å². The summed E-state index contributed by atoms with van der Waals surface area (Å²) in [4.78, 5) is 43.3. The third kappa shape index (κ3) is 7.57. The minimum atomic E-state index is -0.277. The molecule has 0 fully saturated rings. The lowest BCUT2D eigenvalue weighted by molar-refractivity contribution is -0.121. The van der Waals surface area contributed by atoms with Crippen LogP contribution in [0.4, 0.5) is 5.69 Å². The molecule has 3 aromatic carbocycles. The van der Waals surface area contributed by atoms with E-state index in [1.807, 2.05) is 24.3 Å². The van der Waals surface area contributed by atoms with E-state index in [0.717, 1.165) is 17.3 Å². The smallest absolute Gasteiger partial charge is 0.262 e. The number of benzene rings is 3. The summed E-state index contributed by atoms with van der Waals surface area (Å²) in [6, 6.07) is 19.7. The van der Waals surface area contributed by atoms with E-state index in [9.17, 15) is 14.4 Å². The summed E-state index contributed by atoms with van der Waals surface area (Å²) >= 11 is 1.14. The van der Waals surface area contributed by atoms with Gasteiger partial charge >= 0.3 is 0 Å². The summed E-state index contributed by atoms with van der Waals surface area (Å²) in [5.74, 6) is 1.35. The van der Waals surface area contributed by atoms with Crippen molar-refractivity contribution < 1.29 is 23.8 Å². The first-order valence-corrected chi connectivity index (χ1v) is 13.9. The normalized spacial score (nSPS) is 10.7. The number of ether oxygens (including phenoxy) is 3. The highest BCUT2D eigenvalue weighted by atomic mass is 32.2. The van der Waals surface area contributed by atoms with Gasteiger partial charge in [-0.25, -0.2) is 4.98 Å².